The zero-order chi connectivity index (χ0) is 13.1. The third-order valence-corrected chi connectivity index (χ3v) is 2.83. The highest BCUT2D eigenvalue weighted by Crippen LogP contribution is 2.27. The Morgan fingerprint density at radius 2 is 1.94 bits per heavy atom. The molecule has 0 aliphatic carbocycles. The molecule has 90 valence electrons. The molecule has 0 atom stereocenters. The van der Waals surface area contributed by atoms with Gasteiger partial charge in [-0.1, -0.05) is 56.3 Å². The lowest BCUT2D eigenvalue weighted by atomic mass is 9.83. The van der Waals surface area contributed by atoms with Gasteiger partial charge in [-0.2, -0.15) is 0 Å². The minimum atomic E-state index is -0.142. The number of ketones is 1. The van der Waals surface area contributed by atoms with Gasteiger partial charge in [0.25, 0.3) is 0 Å². The maximum Gasteiger partial charge on any atom is 0.152 e. The molecule has 0 amide bonds. The van der Waals surface area contributed by atoms with E-state index in [0.29, 0.717) is 0 Å². The van der Waals surface area contributed by atoms with Crippen LogP contribution in [0.2, 0.25) is 0 Å². The first-order valence-corrected chi connectivity index (χ1v) is 5.79. The summed E-state index contributed by atoms with van der Waals surface area (Å²) in [5.74, 6) is 0.0779. The van der Waals surface area contributed by atoms with Gasteiger partial charge < -0.3 is 0 Å². The number of carbonyl (C=O) groups is 1. The first-order chi connectivity index (χ1) is 7.83. The van der Waals surface area contributed by atoms with Crippen molar-refractivity contribution in [3.05, 3.63) is 54.1 Å². The van der Waals surface area contributed by atoms with E-state index >= 15 is 0 Å². The van der Waals surface area contributed by atoms with Gasteiger partial charge in [-0.15, -0.1) is 0 Å². The topological polar surface area (TPSA) is 17.1 Å². The van der Waals surface area contributed by atoms with E-state index < -0.39 is 0 Å². The summed E-state index contributed by atoms with van der Waals surface area (Å²) in [7, 11) is 0. The fraction of sp³-hybridized carbons (Fsp3) is 0.312. The van der Waals surface area contributed by atoms with Gasteiger partial charge in [0.15, 0.2) is 5.78 Å². The molecule has 1 rings (SSSR count). The largest absolute Gasteiger partial charge is 0.295 e. The molecule has 0 aromatic heterocycles. The Balaban J connectivity index is 3.10. The molecule has 0 radical (unpaired) electrons. The summed E-state index contributed by atoms with van der Waals surface area (Å²) >= 11 is 0. The third kappa shape index (κ3) is 3.70. The monoisotopic (exact) mass is 228 g/mol. The van der Waals surface area contributed by atoms with Crippen molar-refractivity contribution in [2.75, 3.05) is 0 Å². The first kappa shape index (κ1) is 13.4. The molecule has 17 heavy (non-hydrogen) atoms. The van der Waals surface area contributed by atoms with Crippen LogP contribution in [-0.4, -0.2) is 5.78 Å². The molecular formula is C16H20O. The summed E-state index contributed by atoms with van der Waals surface area (Å²) in [6, 6.07) is 8.29. The molecule has 0 fully saturated rings. The van der Waals surface area contributed by atoms with Gasteiger partial charge >= 0.3 is 0 Å². The van der Waals surface area contributed by atoms with Crippen molar-refractivity contribution in [1.82, 2.24) is 0 Å². The van der Waals surface area contributed by atoms with Crippen molar-refractivity contribution in [3.63, 3.8) is 0 Å². The standard InChI is InChI=1S/C16H20O/c1-12(2)14-7-6-8-15(11-14)16(4,5)10-9-13(3)17/h6-11H,1H2,2-5H3/b10-9+. The number of allylic oxidation sites excluding steroid dienone is 3. The highest BCUT2D eigenvalue weighted by molar-refractivity contribution is 5.87. The predicted octanol–water partition coefficient (Wildman–Crippen LogP) is 4.14. The zero-order valence-electron chi connectivity index (χ0n) is 11.1. The molecule has 0 aliphatic heterocycles. The molecule has 0 aliphatic rings. The Morgan fingerprint density at radius 1 is 1.29 bits per heavy atom. The van der Waals surface area contributed by atoms with Crippen molar-refractivity contribution in [3.8, 4) is 0 Å². The van der Waals surface area contributed by atoms with Crippen LogP contribution in [0.5, 0.6) is 0 Å². The van der Waals surface area contributed by atoms with E-state index in [1.165, 1.54) is 5.56 Å². The summed E-state index contributed by atoms with van der Waals surface area (Å²) in [6.07, 6.45) is 3.58. The highest BCUT2D eigenvalue weighted by Gasteiger charge is 2.17. The van der Waals surface area contributed by atoms with Gasteiger partial charge in [0.05, 0.1) is 0 Å². The summed E-state index contributed by atoms with van der Waals surface area (Å²) < 4.78 is 0. The van der Waals surface area contributed by atoms with Crippen molar-refractivity contribution >= 4 is 11.4 Å². The number of benzene rings is 1. The van der Waals surface area contributed by atoms with E-state index in [2.05, 4.69) is 38.6 Å². The number of carbonyl (C=O) groups excluding carboxylic acids is 1. The SMILES string of the molecule is C=C(C)c1cccc(C(C)(C)/C=C/C(C)=O)c1. The Bertz CT molecular complexity index is 464. The molecule has 0 N–H and O–H groups in total. The summed E-state index contributed by atoms with van der Waals surface area (Å²) in [5.41, 5.74) is 3.25. The van der Waals surface area contributed by atoms with Gasteiger partial charge in [-0.3, -0.25) is 4.79 Å². The Labute approximate surface area is 104 Å². The van der Waals surface area contributed by atoms with Crippen LogP contribution in [0.1, 0.15) is 38.8 Å². The average Bonchev–Trinajstić information content (AvgIpc) is 2.27. The molecule has 1 nitrogen and oxygen atoms in total. The van der Waals surface area contributed by atoms with E-state index in [4.69, 9.17) is 0 Å². The van der Waals surface area contributed by atoms with Crippen LogP contribution < -0.4 is 0 Å². The normalized spacial score (nSPS) is 11.8. The fourth-order valence-corrected chi connectivity index (χ4v) is 1.61. The summed E-state index contributed by atoms with van der Waals surface area (Å²) in [6.45, 7) is 11.7. The van der Waals surface area contributed by atoms with Gasteiger partial charge in [0.2, 0.25) is 0 Å². The van der Waals surface area contributed by atoms with Crippen LogP contribution in [0.25, 0.3) is 5.57 Å². The van der Waals surface area contributed by atoms with Crippen LogP contribution in [0.15, 0.2) is 43.0 Å². The molecule has 0 heterocycles. The van der Waals surface area contributed by atoms with Crippen molar-refractivity contribution in [2.24, 2.45) is 0 Å². The fourth-order valence-electron chi connectivity index (χ4n) is 1.61. The maximum absolute atomic E-state index is 11.0. The molecule has 1 heteroatoms. The van der Waals surface area contributed by atoms with Crippen LogP contribution in [0.4, 0.5) is 0 Å². The van der Waals surface area contributed by atoms with E-state index in [1.54, 1.807) is 13.0 Å². The van der Waals surface area contributed by atoms with Crippen LogP contribution in [0, 0.1) is 0 Å². The summed E-state index contributed by atoms with van der Waals surface area (Å²) in [5, 5.41) is 0. The predicted molar refractivity (Wildman–Crippen MR) is 74.0 cm³/mol. The Morgan fingerprint density at radius 3 is 2.47 bits per heavy atom. The molecule has 0 saturated carbocycles. The first-order valence-electron chi connectivity index (χ1n) is 5.79. The molecule has 1 aromatic carbocycles. The second-order valence-electron chi connectivity index (χ2n) is 5.03. The van der Waals surface area contributed by atoms with Crippen LogP contribution >= 0.6 is 0 Å². The quantitative estimate of drug-likeness (QED) is 0.708. The van der Waals surface area contributed by atoms with Gasteiger partial charge in [0.1, 0.15) is 0 Å². The van der Waals surface area contributed by atoms with Gasteiger partial charge in [-0.25, -0.2) is 0 Å². The Kier molecular flexibility index (Phi) is 4.06. The summed E-state index contributed by atoms with van der Waals surface area (Å²) in [4.78, 5) is 11.0. The number of hydrogen-bond donors (Lipinski definition) is 0. The van der Waals surface area contributed by atoms with E-state index in [1.807, 2.05) is 19.1 Å². The van der Waals surface area contributed by atoms with Crippen LogP contribution in [-0.2, 0) is 10.2 Å². The molecular weight excluding hydrogens is 208 g/mol. The molecule has 0 bridgehead atoms. The van der Waals surface area contributed by atoms with Crippen molar-refractivity contribution in [2.45, 2.75) is 33.1 Å². The second-order valence-corrected chi connectivity index (χ2v) is 5.03. The average molecular weight is 228 g/mol. The lowest BCUT2D eigenvalue weighted by molar-refractivity contribution is -0.112. The van der Waals surface area contributed by atoms with Crippen LogP contribution in [0.3, 0.4) is 0 Å². The highest BCUT2D eigenvalue weighted by atomic mass is 16.1. The van der Waals surface area contributed by atoms with Gasteiger partial charge in [-0.05, 0) is 31.1 Å². The molecule has 0 unspecified atom stereocenters. The lowest BCUT2D eigenvalue weighted by Gasteiger charge is -2.21. The van der Waals surface area contributed by atoms with Crippen molar-refractivity contribution < 1.29 is 4.79 Å². The lowest BCUT2D eigenvalue weighted by Crippen LogP contribution is -2.14. The third-order valence-electron chi connectivity index (χ3n) is 2.83. The molecule has 0 saturated heterocycles. The zero-order valence-corrected chi connectivity index (χ0v) is 11.1. The molecule has 1 aromatic rings. The molecule has 0 spiro atoms. The van der Waals surface area contributed by atoms with Crippen molar-refractivity contribution in [1.29, 1.82) is 0 Å². The van der Waals surface area contributed by atoms with Gasteiger partial charge in [0, 0.05) is 5.41 Å². The number of hydrogen-bond acceptors (Lipinski definition) is 1. The minimum absolute atomic E-state index is 0.0779. The Hall–Kier alpha value is -1.63. The minimum Gasteiger partial charge on any atom is -0.295 e. The smallest absolute Gasteiger partial charge is 0.152 e. The second kappa shape index (κ2) is 5.13. The number of rotatable bonds is 4. The van der Waals surface area contributed by atoms with E-state index in [0.717, 1.165) is 11.1 Å². The maximum atomic E-state index is 11.0. The van der Waals surface area contributed by atoms with E-state index in [-0.39, 0.29) is 11.2 Å². The van der Waals surface area contributed by atoms with E-state index in [9.17, 15) is 4.79 Å².